The van der Waals surface area contributed by atoms with E-state index in [2.05, 4.69) is 103 Å². The van der Waals surface area contributed by atoms with Gasteiger partial charge in [0.2, 0.25) is 0 Å². The topological polar surface area (TPSA) is 31.0 Å². The molecule has 1 aliphatic rings. The molecule has 0 N–H and O–H groups in total. The van der Waals surface area contributed by atoms with Gasteiger partial charge in [0.25, 0.3) is 0 Å². The predicted octanol–water partition coefficient (Wildman–Crippen LogP) is 8.38. The third-order valence-electron chi connectivity index (χ3n) is 7.81. The Kier molecular flexibility index (Phi) is 3.47. The van der Waals surface area contributed by atoms with Crippen LogP contribution in [0.15, 0.2) is 102 Å². The van der Waals surface area contributed by atoms with Crippen LogP contribution in [-0.4, -0.2) is 9.55 Å². The fourth-order valence-electron chi connectivity index (χ4n) is 6.41. The molecule has 3 aromatic heterocycles. The van der Waals surface area contributed by atoms with Gasteiger partial charge in [-0.15, -0.1) is 0 Å². The second-order valence-electron chi connectivity index (χ2n) is 9.99. The molecule has 0 aliphatic heterocycles. The quantitative estimate of drug-likeness (QED) is 0.251. The molecule has 3 heterocycles. The summed E-state index contributed by atoms with van der Waals surface area (Å²) in [5.41, 5.74) is 9.31. The van der Waals surface area contributed by atoms with Crippen LogP contribution < -0.4 is 0 Å². The van der Waals surface area contributed by atoms with Gasteiger partial charge < -0.3 is 4.42 Å². The number of pyridine rings is 1. The minimum Gasteiger partial charge on any atom is -0.455 e. The Hall–Kier alpha value is -4.37. The van der Waals surface area contributed by atoms with Crippen molar-refractivity contribution in [2.75, 3.05) is 0 Å². The van der Waals surface area contributed by atoms with Crippen LogP contribution in [-0.2, 0) is 5.41 Å². The SMILES string of the molecule is CC1(C)c2ccccc2-c2c1c1c3ccccc3oc1c1c3ccccc3n(-c3ccccn3)c21. The molecule has 1 aliphatic carbocycles. The Morgan fingerprint density at radius 3 is 2.34 bits per heavy atom. The molecule has 0 spiro atoms. The molecular formula is C32H22N2O. The molecule has 4 aromatic carbocycles. The van der Waals surface area contributed by atoms with E-state index < -0.39 is 0 Å². The van der Waals surface area contributed by atoms with E-state index in [0.717, 1.165) is 27.9 Å². The first kappa shape index (κ1) is 19.0. The van der Waals surface area contributed by atoms with Gasteiger partial charge in [0, 0.05) is 33.3 Å². The van der Waals surface area contributed by atoms with Crippen LogP contribution in [0.3, 0.4) is 0 Å². The molecule has 35 heavy (non-hydrogen) atoms. The lowest BCUT2D eigenvalue weighted by atomic mass is 9.80. The van der Waals surface area contributed by atoms with Gasteiger partial charge >= 0.3 is 0 Å². The van der Waals surface area contributed by atoms with Crippen LogP contribution in [0, 0.1) is 0 Å². The standard InChI is InChI=1S/C32H22N2O/c1-32(2)22-14-6-3-11-19(22)26-29(32)27-21-13-5-8-16-24(21)35-31(27)28-20-12-4-7-15-23(20)34(30(26)28)25-17-9-10-18-33-25/h3-18H,1-2H3. The van der Waals surface area contributed by atoms with Crippen LogP contribution >= 0.6 is 0 Å². The number of para-hydroxylation sites is 2. The van der Waals surface area contributed by atoms with Crippen molar-refractivity contribution in [1.82, 2.24) is 9.55 Å². The zero-order chi connectivity index (χ0) is 23.3. The lowest BCUT2D eigenvalue weighted by Crippen LogP contribution is -2.15. The fraction of sp³-hybridized carbons (Fsp3) is 0.0938. The lowest BCUT2D eigenvalue weighted by Gasteiger charge is -2.22. The fourth-order valence-corrected chi connectivity index (χ4v) is 6.41. The molecule has 0 fully saturated rings. The second-order valence-corrected chi connectivity index (χ2v) is 9.99. The zero-order valence-electron chi connectivity index (χ0n) is 19.5. The normalized spacial score (nSPS) is 14.2. The first-order chi connectivity index (χ1) is 17.2. The van der Waals surface area contributed by atoms with Crippen molar-refractivity contribution in [3.8, 4) is 16.9 Å². The van der Waals surface area contributed by atoms with Gasteiger partial charge in [-0.1, -0.05) is 80.6 Å². The summed E-state index contributed by atoms with van der Waals surface area (Å²) in [6, 6.07) is 32.1. The highest BCUT2D eigenvalue weighted by molar-refractivity contribution is 6.29. The third-order valence-corrected chi connectivity index (χ3v) is 7.81. The van der Waals surface area contributed by atoms with E-state index in [1.165, 1.54) is 43.9 Å². The summed E-state index contributed by atoms with van der Waals surface area (Å²) in [5, 5.41) is 4.75. The number of furan rings is 1. The van der Waals surface area contributed by atoms with E-state index in [-0.39, 0.29) is 5.41 Å². The molecule has 0 radical (unpaired) electrons. The van der Waals surface area contributed by atoms with E-state index in [9.17, 15) is 0 Å². The van der Waals surface area contributed by atoms with E-state index >= 15 is 0 Å². The van der Waals surface area contributed by atoms with Crippen LogP contribution in [0.4, 0.5) is 0 Å². The number of nitrogens with zero attached hydrogens (tertiary/aromatic N) is 2. The summed E-state index contributed by atoms with van der Waals surface area (Å²) < 4.78 is 9.03. The molecule has 3 nitrogen and oxygen atoms in total. The largest absolute Gasteiger partial charge is 0.455 e. The second kappa shape index (κ2) is 6.39. The number of hydrogen-bond acceptors (Lipinski definition) is 2. The number of benzene rings is 4. The monoisotopic (exact) mass is 450 g/mol. The van der Waals surface area contributed by atoms with Crippen LogP contribution in [0.25, 0.3) is 60.7 Å². The molecule has 0 saturated heterocycles. The summed E-state index contributed by atoms with van der Waals surface area (Å²) in [6.07, 6.45) is 1.87. The van der Waals surface area contributed by atoms with Crippen molar-refractivity contribution < 1.29 is 4.42 Å². The van der Waals surface area contributed by atoms with Crippen molar-refractivity contribution in [2.45, 2.75) is 19.3 Å². The first-order valence-electron chi connectivity index (χ1n) is 12.1. The lowest BCUT2D eigenvalue weighted by molar-refractivity contribution is 0.659. The van der Waals surface area contributed by atoms with Crippen LogP contribution in [0.1, 0.15) is 25.0 Å². The Morgan fingerprint density at radius 1 is 0.743 bits per heavy atom. The molecule has 0 unspecified atom stereocenters. The van der Waals surface area contributed by atoms with Gasteiger partial charge in [-0.2, -0.15) is 0 Å². The number of hydrogen-bond donors (Lipinski definition) is 0. The van der Waals surface area contributed by atoms with E-state index in [0.29, 0.717) is 0 Å². The predicted molar refractivity (Wildman–Crippen MR) is 143 cm³/mol. The van der Waals surface area contributed by atoms with E-state index in [1.807, 2.05) is 12.3 Å². The minimum absolute atomic E-state index is 0.170. The molecule has 0 amide bonds. The average Bonchev–Trinajstić information content (AvgIpc) is 3.51. The van der Waals surface area contributed by atoms with Gasteiger partial charge in [-0.05, 0) is 41.0 Å². The molecular weight excluding hydrogens is 428 g/mol. The van der Waals surface area contributed by atoms with E-state index in [4.69, 9.17) is 9.40 Å². The Morgan fingerprint density at radius 2 is 1.49 bits per heavy atom. The summed E-state index contributed by atoms with van der Waals surface area (Å²) in [6.45, 7) is 4.69. The molecule has 166 valence electrons. The molecule has 8 rings (SSSR count). The summed E-state index contributed by atoms with van der Waals surface area (Å²) in [4.78, 5) is 4.79. The van der Waals surface area contributed by atoms with Crippen molar-refractivity contribution in [2.24, 2.45) is 0 Å². The Balaban J connectivity index is 1.76. The Labute approximate surface area is 202 Å². The van der Waals surface area contributed by atoms with Crippen molar-refractivity contribution in [3.05, 3.63) is 108 Å². The molecule has 3 heteroatoms. The Bertz CT molecular complexity index is 1970. The smallest absolute Gasteiger partial charge is 0.145 e. The third kappa shape index (κ3) is 2.23. The van der Waals surface area contributed by atoms with Crippen molar-refractivity contribution in [3.63, 3.8) is 0 Å². The summed E-state index contributed by atoms with van der Waals surface area (Å²) >= 11 is 0. The highest BCUT2D eigenvalue weighted by Gasteiger charge is 2.41. The molecule has 0 bridgehead atoms. The van der Waals surface area contributed by atoms with Gasteiger partial charge in [0.15, 0.2) is 0 Å². The summed E-state index contributed by atoms with van der Waals surface area (Å²) in [7, 11) is 0. The van der Waals surface area contributed by atoms with Crippen LogP contribution in [0.2, 0.25) is 0 Å². The molecule has 7 aromatic rings. The maximum absolute atomic E-state index is 6.71. The highest BCUT2D eigenvalue weighted by atomic mass is 16.3. The van der Waals surface area contributed by atoms with Crippen molar-refractivity contribution in [1.29, 1.82) is 0 Å². The van der Waals surface area contributed by atoms with Gasteiger partial charge in [-0.3, -0.25) is 4.57 Å². The first-order valence-corrected chi connectivity index (χ1v) is 12.1. The van der Waals surface area contributed by atoms with Gasteiger partial charge in [-0.25, -0.2) is 4.98 Å². The maximum Gasteiger partial charge on any atom is 0.145 e. The maximum atomic E-state index is 6.71. The number of rotatable bonds is 1. The highest BCUT2D eigenvalue weighted by Crippen LogP contribution is 2.57. The van der Waals surface area contributed by atoms with Crippen LogP contribution in [0.5, 0.6) is 0 Å². The summed E-state index contributed by atoms with van der Waals surface area (Å²) in [5.74, 6) is 0.915. The average molecular weight is 451 g/mol. The minimum atomic E-state index is -0.170. The van der Waals surface area contributed by atoms with E-state index in [1.54, 1.807) is 0 Å². The van der Waals surface area contributed by atoms with Gasteiger partial charge in [0.05, 0.1) is 16.4 Å². The molecule has 0 saturated carbocycles. The zero-order valence-corrected chi connectivity index (χ0v) is 19.5. The van der Waals surface area contributed by atoms with Gasteiger partial charge in [0.1, 0.15) is 17.0 Å². The number of aromatic nitrogens is 2. The van der Waals surface area contributed by atoms with Crippen molar-refractivity contribution >= 4 is 43.7 Å². The number of fused-ring (bicyclic) bond motifs is 12. The molecule has 0 atom stereocenters.